The van der Waals surface area contributed by atoms with E-state index in [1.54, 1.807) is 0 Å². The van der Waals surface area contributed by atoms with Gasteiger partial charge in [-0.3, -0.25) is 0 Å². The normalized spacial score (nSPS) is 17.8. The lowest BCUT2D eigenvalue weighted by molar-refractivity contribution is 0.466. The van der Waals surface area contributed by atoms with Crippen LogP contribution in [0.3, 0.4) is 0 Å². The van der Waals surface area contributed by atoms with Crippen LogP contribution in [0.5, 0.6) is 0 Å². The third kappa shape index (κ3) is 4.79. The van der Waals surface area contributed by atoms with Crippen molar-refractivity contribution >= 4 is 17.1 Å². The summed E-state index contributed by atoms with van der Waals surface area (Å²) in [5.74, 6) is 0.593. The van der Waals surface area contributed by atoms with Gasteiger partial charge in [0.25, 0.3) is 0 Å². The van der Waals surface area contributed by atoms with Gasteiger partial charge in [-0.25, -0.2) is 0 Å². The van der Waals surface area contributed by atoms with Crippen LogP contribution in [-0.4, -0.2) is 0 Å². The van der Waals surface area contributed by atoms with Gasteiger partial charge in [0.2, 0.25) is 0 Å². The molecule has 59 heavy (non-hydrogen) atoms. The summed E-state index contributed by atoms with van der Waals surface area (Å²) >= 11 is 0. The van der Waals surface area contributed by atoms with Gasteiger partial charge in [-0.15, -0.1) is 0 Å². The number of hydrogen-bond acceptors (Lipinski definition) is 1. The molecule has 8 aromatic carbocycles. The van der Waals surface area contributed by atoms with Crippen LogP contribution in [0.15, 0.2) is 212 Å². The zero-order valence-electron chi connectivity index (χ0n) is 33.3. The number of nitrogens with zero attached hydrogens (tertiary/aromatic N) is 1. The minimum Gasteiger partial charge on any atom is -0.310 e. The Morgan fingerprint density at radius 1 is 0.390 bits per heavy atom. The number of fused-ring (bicyclic) bond motifs is 13. The molecular formula is C58H43N. The second-order valence-corrected chi connectivity index (χ2v) is 17.2. The van der Waals surface area contributed by atoms with E-state index in [0.717, 1.165) is 17.1 Å². The van der Waals surface area contributed by atoms with Crippen molar-refractivity contribution in [2.75, 3.05) is 4.90 Å². The summed E-state index contributed by atoms with van der Waals surface area (Å²) in [4.78, 5) is 2.43. The van der Waals surface area contributed by atoms with Crippen LogP contribution in [0.4, 0.5) is 17.1 Å². The Kier molecular flexibility index (Phi) is 7.38. The van der Waals surface area contributed by atoms with Gasteiger partial charge >= 0.3 is 0 Å². The summed E-state index contributed by atoms with van der Waals surface area (Å²) in [6.07, 6.45) is 9.43. The quantitative estimate of drug-likeness (QED) is 0.169. The van der Waals surface area contributed by atoms with Gasteiger partial charge in [-0.05, 0) is 114 Å². The Morgan fingerprint density at radius 2 is 0.898 bits per heavy atom. The maximum absolute atomic E-state index is 2.48. The van der Waals surface area contributed by atoms with Crippen LogP contribution in [0.2, 0.25) is 0 Å². The van der Waals surface area contributed by atoms with Crippen LogP contribution < -0.4 is 4.90 Å². The molecular weight excluding hydrogens is 711 g/mol. The van der Waals surface area contributed by atoms with Crippen molar-refractivity contribution in [3.8, 4) is 44.5 Å². The van der Waals surface area contributed by atoms with Crippen molar-refractivity contribution in [2.45, 2.75) is 30.6 Å². The minimum absolute atomic E-state index is 0.0999. The largest absolute Gasteiger partial charge is 0.310 e. The summed E-state index contributed by atoms with van der Waals surface area (Å²) in [5, 5.41) is 0. The number of rotatable bonds is 5. The first kappa shape index (κ1) is 34.1. The molecule has 280 valence electrons. The Morgan fingerprint density at radius 3 is 1.58 bits per heavy atom. The van der Waals surface area contributed by atoms with Crippen LogP contribution in [-0.2, 0) is 10.8 Å². The van der Waals surface area contributed by atoms with Crippen molar-refractivity contribution in [3.05, 3.63) is 246 Å². The first-order valence-electron chi connectivity index (χ1n) is 21.0. The molecule has 0 aromatic heterocycles. The first-order valence-corrected chi connectivity index (χ1v) is 21.0. The SMILES string of the molecule is CC1(C)c2ccccc2-c2ccc(N(c3ccc(-c4ccccc4)cc3)c3ccc(-c4cccc5c4C4(c6ccccc6-c6ccccc64)C4C=CC=CC54)cc3)cc21. The van der Waals surface area contributed by atoms with E-state index in [0.29, 0.717) is 5.92 Å². The Bertz CT molecular complexity index is 2970. The number of hydrogen-bond donors (Lipinski definition) is 0. The van der Waals surface area contributed by atoms with E-state index in [-0.39, 0.29) is 16.7 Å². The third-order valence-corrected chi connectivity index (χ3v) is 14.0. The molecule has 0 amide bonds. The monoisotopic (exact) mass is 753 g/mol. The van der Waals surface area contributed by atoms with Gasteiger partial charge in [0.1, 0.15) is 0 Å². The molecule has 12 rings (SSSR count). The topological polar surface area (TPSA) is 3.24 Å². The molecule has 0 heterocycles. The summed E-state index contributed by atoms with van der Waals surface area (Å²) in [7, 11) is 0. The van der Waals surface area contributed by atoms with Gasteiger partial charge < -0.3 is 4.90 Å². The highest BCUT2D eigenvalue weighted by atomic mass is 15.1. The lowest BCUT2D eigenvalue weighted by atomic mass is 9.64. The molecule has 1 heteroatoms. The molecule has 4 aliphatic carbocycles. The molecule has 0 aliphatic heterocycles. The van der Waals surface area contributed by atoms with Gasteiger partial charge in [0.05, 0.1) is 5.41 Å². The van der Waals surface area contributed by atoms with E-state index in [9.17, 15) is 0 Å². The Balaban J connectivity index is 1.01. The molecule has 0 radical (unpaired) electrons. The second kappa shape index (κ2) is 12.8. The number of benzene rings is 8. The summed E-state index contributed by atoms with van der Waals surface area (Å²) < 4.78 is 0. The fraction of sp³-hybridized carbons (Fsp3) is 0.103. The fourth-order valence-corrected chi connectivity index (χ4v) is 11.4. The highest BCUT2D eigenvalue weighted by Crippen LogP contribution is 2.66. The Hall–Kier alpha value is -6.96. The lowest BCUT2D eigenvalue weighted by Gasteiger charge is -2.37. The van der Waals surface area contributed by atoms with Gasteiger partial charge in [0.15, 0.2) is 0 Å². The molecule has 1 nitrogen and oxygen atoms in total. The van der Waals surface area contributed by atoms with E-state index in [4.69, 9.17) is 0 Å². The molecule has 2 unspecified atom stereocenters. The van der Waals surface area contributed by atoms with Gasteiger partial charge in [-0.2, -0.15) is 0 Å². The molecule has 0 saturated heterocycles. The molecule has 0 fully saturated rings. The molecule has 4 aliphatic rings. The van der Waals surface area contributed by atoms with Gasteiger partial charge in [0, 0.05) is 34.3 Å². The van der Waals surface area contributed by atoms with Crippen molar-refractivity contribution < 1.29 is 0 Å². The van der Waals surface area contributed by atoms with E-state index in [1.165, 1.54) is 77.9 Å². The van der Waals surface area contributed by atoms with Crippen molar-refractivity contribution in [1.82, 2.24) is 0 Å². The van der Waals surface area contributed by atoms with Crippen molar-refractivity contribution in [3.63, 3.8) is 0 Å². The third-order valence-electron chi connectivity index (χ3n) is 14.0. The summed E-state index contributed by atoms with van der Waals surface area (Å²) in [5.41, 5.74) is 21.9. The average Bonchev–Trinajstić information content (AvgIpc) is 3.86. The molecule has 0 saturated carbocycles. The van der Waals surface area contributed by atoms with E-state index >= 15 is 0 Å². The van der Waals surface area contributed by atoms with Gasteiger partial charge in [-0.1, -0.05) is 190 Å². The van der Waals surface area contributed by atoms with Crippen molar-refractivity contribution in [1.29, 1.82) is 0 Å². The van der Waals surface area contributed by atoms with Crippen LogP contribution in [0.1, 0.15) is 53.1 Å². The zero-order chi connectivity index (χ0) is 39.3. The Labute approximate surface area is 347 Å². The predicted octanol–water partition coefficient (Wildman–Crippen LogP) is 15.0. The van der Waals surface area contributed by atoms with Crippen molar-refractivity contribution in [2.24, 2.45) is 5.92 Å². The number of allylic oxidation sites excluding steroid dienone is 4. The summed E-state index contributed by atoms with van der Waals surface area (Å²) in [6, 6.07) is 70.4. The smallest absolute Gasteiger partial charge is 0.0544 e. The van der Waals surface area contributed by atoms with E-state index in [1.807, 2.05) is 0 Å². The molecule has 2 atom stereocenters. The lowest BCUT2D eigenvalue weighted by Crippen LogP contribution is -2.33. The van der Waals surface area contributed by atoms with E-state index in [2.05, 4.69) is 231 Å². The maximum Gasteiger partial charge on any atom is 0.0544 e. The van der Waals surface area contributed by atoms with E-state index < -0.39 is 0 Å². The highest BCUT2D eigenvalue weighted by Gasteiger charge is 2.57. The minimum atomic E-state index is -0.287. The predicted molar refractivity (Wildman–Crippen MR) is 246 cm³/mol. The standard InChI is InChI=1S/C58H43N/c1-57(2)51-23-10-6-17-45(51)49-36-35-43(37-55(49)57)59(41-31-27-39(28-32-41)38-15-4-3-5-16-38)42-33-29-40(30-34-42)44-21-14-22-50-48-20-9-13-26-54(48)58(56(44)50)52-24-11-7-18-46(52)47-19-8-12-25-53(47)58/h3-37,48,54H,1-2H3. The molecule has 0 N–H and O–H groups in total. The number of anilines is 3. The zero-order valence-corrected chi connectivity index (χ0v) is 33.3. The van der Waals surface area contributed by atoms with Crippen LogP contribution >= 0.6 is 0 Å². The molecule has 1 spiro atoms. The average molecular weight is 754 g/mol. The molecule has 8 aromatic rings. The van der Waals surface area contributed by atoms with Crippen LogP contribution in [0.25, 0.3) is 44.5 Å². The first-order chi connectivity index (χ1) is 29.0. The highest BCUT2D eigenvalue weighted by molar-refractivity contribution is 5.90. The molecule has 0 bridgehead atoms. The summed E-state index contributed by atoms with van der Waals surface area (Å²) in [6.45, 7) is 4.73. The van der Waals surface area contributed by atoms with Crippen LogP contribution in [0, 0.1) is 5.92 Å². The maximum atomic E-state index is 2.48. The second-order valence-electron chi connectivity index (χ2n) is 17.2. The fourth-order valence-electron chi connectivity index (χ4n) is 11.4.